The summed E-state index contributed by atoms with van der Waals surface area (Å²) in [6.07, 6.45) is 5.16. The van der Waals surface area contributed by atoms with Crippen LogP contribution in [0.3, 0.4) is 0 Å². The van der Waals surface area contributed by atoms with Crippen LogP contribution < -0.4 is 14.8 Å². The highest BCUT2D eigenvalue weighted by molar-refractivity contribution is 5.78. The molecule has 1 amide bonds. The summed E-state index contributed by atoms with van der Waals surface area (Å²) in [5, 5.41) is 2.86. The van der Waals surface area contributed by atoms with E-state index in [0.717, 1.165) is 16.8 Å². The number of benzene rings is 1. The molecule has 0 atom stereocenters. The summed E-state index contributed by atoms with van der Waals surface area (Å²) in [6.45, 7) is 0.269. The average molecular weight is 349 g/mol. The van der Waals surface area contributed by atoms with Crippen LogP contribution in [0, 0.1) is 0 Å². The molecule has 0 radical (unpaired) electrons. The highest BCUT2D eigenvalue weighted by Crippen LogP contribution is 2.25. The van der Waals surface area contributed by atoms with E-state index in [1.54, 1.807) is 37.8 Å². The molecule has 3 rings (SSSR count). The van der Waals surface area contributed by atoms with Crippen molar-refractivity contribution >= 4 is 5.91 Å². The Hall–Kier alpha value is -3.41. The van der Waals surface area contributed by atoms with Gasteiger partial charge in [-0.3, -0.25) is 14.8 Å². The molecule has 0 saturated heterocycles. The second-order valence-corrected chi connectivity index (χ2v) is 5.46. The third-order valence-corrected chi connectivity index (χ3v) is 3.75. The summed E-state index contributed by atoms with van der Waals surface area (Å²) in [7, 11) is 1.56. The van der Waals surface area contributed by atoms with Crippen LogP contribution in [0.2, 0.25) is 0 Å². The minimum Gasteiger partial charge on any atom is -0.493 e. The zero-order valence-corrected chi connectivity index (χ0v) is 14.4. The molecule has 0 bridgehead atoms. The third-order valence-electron chi connectivity index (χ3n) is 3.75. The van der Waals surface area contributed by atoms with E-state index in [1.807, 2.05) is 36.4 Å². The van der Waals surface area contributed by atoms with Crippen LogP contribution in [0.25, 0.3) is 11.3 Å². The lowest BCUT2D eigenvalue weighted by atomic mass is 10.1. The van der Waals surface area contributed by atoms with Crippen molar-refractivity contribution in [1.82, 2.24) is 15.3 Å². The van der Waals surface area contributed by atoms with Gasteiger partial charge < -0.3 is 14.8 Å². The minimum absolute atomic E-state index is 0.0920. The monoisotopic (exact) mass is 349 g/mol. The number of aromatic nitrogens is 2. The smallest absolute Gasteiger partial charge is 0.258 e. The number of nitrogens with one attached hydrogen (secondary N) is 1. The zero-order valence-electron chi connectivity index (χ0n) is 14.4. The van der Waals surface area contributed by atoms with Gasteiger partial charge in [0.25, 0.3) is 5.91 Å². The van der Waals surface area contributed by atoms with E-state index >= 15 is 0 Å². The fraction of sp³-hybridized carbons (Fsp3) is 0.150. The highest BCUT2D eigenvalue weighted by atomic mass is 16.5. The Morgan fingerprint density at radius 3 is 2.54 bits per heavy atom. The van der Waals surface area contributed by atoms with Crippen LogP contribution in [0.5, 0.6) is 11.5 Å². The van der Waals surface area contributed by atoms with Gasteiger partial charge in [0, 0.05) is 30.7 Å². The number of pyridine rings is 2. The Morgan fingerprint density at radius 2 is 1.77 bits per heavy atom. The first-order valence-electron chi connectivity index (χ1n) is 8.14. The first kappa shape index (κ1) is 17.4. The van der Waals surface area contributed by atoms with Crippen molar-refractivity contribution in [2.75, 3.05) is 13.7 Å². The second-order valence-electron chi connectivity index (χ2n) is 5.46. The van der Waals surface area contributed by atoms with Crippen molar-refractivity contribution in [1.29, 1.82) is 0 Å². The Morgan fingerprint density at radius 1 is 1.00 bits per heavy atom. The van der Waals surface area contributed by atoms with Crippen LogP contribution in [0.1, 0.15) is 5.56 Å². The number of carbonyl (C=O) groups excluding carboxylic acids is 1. The third kappa shape index (κ3) is 4.36. The van der Waals surface area contributed by atoms with Crippen LogP contribution in [0.4, 0.5) is 0 Å². The minimum atomic E-state index is -0.222. The lowest BCUT2D eigenvalue weighted by Crippen LogP contribution is -2.28. The normalized spacial score (nSPS) is 10.2. The lowest BCUT2D eigenvalue weighted by Gasteiger charge is -2.12. The highest BCUT2D eigenvalue weighted by Gasteiger charge is 2.09. The van der Waals surface area contributed by atoms with Crippen molar-refractivity contribution in [3.63, 3.8) is 0 Å². The molecule has 2 aromatic heterocycles. The molecule has 6 heteroatoms. The maximum absolute atomic E-state index is 12.1. The number of methoxy groups -OCH3 is 1. The van der Waals surface area contributed by atoms with Gasteiger partial charge in [0.05, 0.1) is 12.8 Å². The van der Waals surface area contributed by atoms with E-state index in [2.05, 4.69) is 15.3 Å². The fourth-order valence-corrected chi connectivity index (χ4v) is 2.48. The second kappa shape index (κ2) is 8.62. The summed E-state index contributed by atoms with van der Waals surface area (Å²) >= 11 is 0. The lowest BCUT2D eigenvalue weighted by molar-refractivity contribution is -0.123. The molecule has 2 heterocycles. The number of carbonyl (C=O) groups is 1. The Kier molecular flexibility index (Phi) is 5.77. The van der Waals surface area contributed by atoms with Gasteiger partial charge in [-0.05, 0) is 35.9 Å². The Bertz CT molecular complexity index is 869. The molecule has 0 aliphatic carbocycles. The zero-order chi connectivity index (χ0) is 18.2. The first-order chi connectivity index (χ1) is 12.8. The molecular weight excluding hydrogens is 330 g/mol. The molecule has 3 aromatic rings. The predicted octanol–water partition coefficient (Wildman–Crippen LogP) is 2.85. The summed E-state index contributed by atoms with van der Waals surface area (Å²) in [4.78, 5) is 20.6. The van der Waals surface area contributed by atoms with Crippen LogP contribution >= 0.6 is 0 Å². The van der Waals surface area contributed by atoms with Gasteiger partial charge in [-0.15, -0.1) is 0 Å². The number of para-hydroxylation sites is 2. The van der Waals surface area contributed by atoms with Gasteiger partial charge in [0.15, 0.2) is 18.1 Å². The van der Waals surface area contributed by atoms with E-state index in [0.29, 0.717) is 18.0 Å². The van der Waals surface area contributed by atoms with Crippen molar-refractivity contribution in [3.8, 4) is 22.8 Å². The van der Waals surface area contributed by atoms with Crippen LogP contribution in [0.15, 0.2) is 67.1 Å². The molecule has 132 valence electrons. The standard InChI is InChI=1S/C20H19N3O3/c1-25-17-6-2-3-7-18(17)26-14-19(24)23-13-16-5-4-10-22-20(16)15-8-11-21-12-9-15/h2-12H,13-14H2,1H3,(H,23,24). The Labute approximate surface area is 151 Å². The number of hydrogen-bond acceptors (Lipinski definition) is 5. The largest absolute Gasteiger partial charge is 0.493 e. The van der Waals surface area contributed by atoms with Crippen LogP contribution in [-0.2, 0) is 11.3 Å². The van der Waals surface area contributed by atoms with Gasteiger partial charge in [-0.2, -0.15) is 0 Å². The van der Waals surface area contributed by atoms with E-state index in [-0.39, 0.29) is 12.5 Å². The molecule has 26 heavy (non-hydrogen) atoms. The van der Waals surface area contributed by atoms with Gasteiger partial charge >= 0.3 is 0 Å². The van der Waals surface area contributed by atoms with E-state index in [1.165, 1.54) is 0 Å². The fourth-order valence-electron chi connectivity index (χ4n) is 2.48. The van der Waals surface area contributed by atoms with Gasteiger partial charge in [0.1, 0.15) is 0 Å². The maximum Gasteiger partial charge on any atom is 0.258 e. The molecule has 0 unspecified atom stereocenters. The van der Waals surface area contributed by atoms with Crippen molar-refractivity contribution in [2.45, 2.75) is 6.54 Å². The summed E-state index contributed by atoms with van der Waals surface area (Å²) in [6, 6.07) is 14.8. The number of amides is 1. The van der Waals surface area contributed by atoms with Crippen molar-refractivity contribution in [2.24, 2.45) is 0 Å². The topological polar surface area (TPSA) is 73.3 Å². The van der Waals surface area contributed by atoms with Crippen molar-refractivity contribution in [3.05, 3.63) is 72.7 Å². The number of hydrogen-bond donors (Lipinski definition) is 1. The Balaban J connectivity index is 1.60. The number of nitrogens with zero attached hydrogens (tertiary/aromatic N) is 2. The summed E-state index contributed by atoms with van der Waals surface area (Å²) in [5.74, 6) is 0.900. The average Bonchev–Trinajstić information content (AvgIpc) is 2.71. The molecule has 0 saturated carbocycles. The first-order valence-corrected chi connectivity index (χ1v) is 8.14. The van der Waals surface area contributed by atoms with E-state index in [9.17, 15) is 4.79 Å². The maximum atomic E-state index is 12.1. The molecule has 0 fully saturated rings. The number of ether oxygens (including phenoxy) is 2. The predicted molar refractivity (Wildman–Crippen MR) is 97.8 cm³/mol. The SMILES string of the molecule is COc1ccccc1OCC(=O)NCc1cccnc1-c1ccncc1. The molecule has 0 aliphatic heterocycles. The molecule has 1 N–H and O–H groups in total. The van der Waals surface area contributed by atoms with Gasteiger partial charge in [-0.1, -0.05) is 18.2 Å². The van der Waals surface area contributed by atoms with E-state index < -0.39 is 0 Å². The summed E-state index contributed by atoms with van der Waals surface area (Å²) in [5.41, 5.74) is 2.69. The molecular formula is C20H19N3O3. The molecule has 0 aliphatic rings. The van der Waals surface area contributed by atoms with Gasteiger partial charge in [-0.25, -0.2) is 0 Å². The number of rotatable bonds is 7. The molecule has 1 aromatic carbocycles. The van der Waals surface area contributed by atoms with Crippen LogP contribution in [-0.4, -0.2) is 29.6 Å². The molecule has 6 nitrogen and oxygen atoms in total. The van der Waals surface area contributed by atoms with Gasteiger partial charge in [0.2, 0.25) is 0 Å². The van der Waals surface area contributed by atoms with E-state index in [4.69, 9.17) is 9.47 Å². The van der Waals surface area contributed by atoms with Crippen molar-refractivity contribution < 1.29 is 14.3 Å². The summed E-state index contributed by atoms with van der Waals surface area (Å²) < 4.78 is 10.7. The quantitative estimate of drug-likeness (QED) is 0.710. The molecule has 0 spiro atoms.